The van der Waals surface area contributed by atoms with Crippen LogP contribution in [0.5, 0.6) is 6.01 Å². The first-order valence-corrected chi connectivity index (χ1v) is 12.7. The highest BCUT2D eigenvalue weighted by molar-refractivity contribution is 7.86. The van der Waals surface area contributed by atoms with Gasteiger partial charge in [-0.05, 0) is 31.9 Å². The normalized spacial score (nSPS) is 18.6. The van der Waals surface area contributed by atoms with Crippen LogP contribution in [0.4, 0.5) is 25.1 Å². The molecule has 2 fully saturated rings. The smallest absolute Gasteiger partial charge is 0.422 e. The van der Waals surface area contributed by atoms with Gasteiger partial charge in [0.25, 0.3) is 10.2 Å². The Morgan fingerprint density at radius 1 is 1.00 bits per heavy atom. The van der Waals surface area contributed by atoms with Gasteiger partial charge in [-0.2, -0.15) is 45.2 Å². The summed E-state index contributed by atoms with van der Waals surface area (Å²) >= 11 is 0. The summed E-state index contributed by atoms with van der Waals surface area (Å²) in [5.41, 5.74) is 0. The fourth-order valence-corrected chi connectivity index (χ4v) is 5.57. The van der Waals surface area contributed by atoms with E-state index >= 15 is 0 Å². The van der Waals surface area contributed by atoms with Crippen LogP contribution in [0.2, 0.25) is 0 Å². The fourth-order valence-electron chi connectivity index (χ4n) is 3.90. The van der Waals surface area contributed by atoms with Crippen LogP contribution in [0.1, 0.15) is 30.8 Å². The molecule has 15 heteroatoms. The van der Waals surface area contributed by atoms with Crippen molar-refractivity contribution in [2.45, 2.75) is 38.9 Å². The molecule has 35 heavy (non-hydrogen) atoms. The second-order valence-corrected chi connectivity index (χ2v) is 10.3. The van der Waals surface area contributed by atoms with Crippen LogP contribution in [0.25, 0.3) is 0 Å². The van der Waals surface area contributed by atoms with Crippen molar-refractivity contribution in [2.24, 2.45) is 0 Å². The first kappa shape index (κ1) is 25.4. The predicted octanol–water partition coefficient (Wildman–Crippen LogP) is 2.18. The van der Waals surface area contributed by atoms with Gasteiger partial charge < -0.3 is 19.4 Å². The molecule has 0 aromatic carbocycles. The number of furan rings is 1. The van der Waals surface area contributed by atoms with E-state index in [4.69, 9.17) is 9.15 Å². The van der Waals surface area contributed by atoms with Crippen LogP contribution in [-0.4, -0.2) is 84.0 Å². The van der Waals surface area contributed by atoms with Gasteiger partial charge in [0.15, 0.2) is 6.61 Å². The molecule has 2 saturated heterocycles. The molecule has 0 spiro atoms. The van der Waals surface area contributed by atoms with Crippen molar-refractivity contribution in [1.82, 2.24) is 23.6 Å². The van der Waals surface area contributed by atoms with Crippen LogP contribution in [0, 0.1) is 6.92 Å². The Morgan fingerprint density at radius 3 is 2.31 bits per heavy atom. The third-order valence-electron chi connectivity index (χ3n) is 5.67. The Balaban J connectivity index is 1.46. The number of hydrogen-bond acceptors (Lipinski definition) is 9. The molecule has 2 aliphatic rings. The number of halogens is 3. The number of alkyl halides is 3. The second-order valence-electron chi connectivity index (χ2n) is 8.36. The van der Waals surface area contributed by atoms with Gasteiger partial charge in [0.05, 0.1) is 6.54 Å². The van der Waals surface area contributed by atoms with Crippen LogP contribution in [0.3, 0.4) is 0 Å². The Hall–Kier alpha value is -2.65. The number of ether oxygens (including phenoxy) is 1. The van der Waals surface area contributed by atoms with Gasteiger partial charge in [0, 0.05) is 39.3 Å². The SMILES string of the molecule is Cc1ccc(CNc2nc(OCC(F)(F)F)nc(N3CCN(S(=O)(=O)N4CCCCC4)CC3)n2)o1. The summed E-state index contributed by atoms with van der Waals surface area (Å²) in [5.74, 6) is 1.43. The van der Waals surface area contributed by atoms with Crippen LogP contribution in [-0.2, 0) is 16.8 Å². The molecular formula is C20H28F3N7O4S. The largest absolute Gasteiger partial charge is 0.465 e. The number of piperazine rings is 1. The molecule has 11 nitrogen and oxygen atoms in total. The van der Waals surface area contributed by atoms with E-state index in [0.29, 0.717) is 24.6 Å². The van der Waals surface area contributed by atoms with E-state index in [1.165, 1.54) is 8.61 Å². The standard InChI is InChI=1S/C20H28F3N7O4S/c1-15-5-6-16(34-15)13-24-17-25-18(27-19(26-17)33-14-20(21,22)23)28-9-11-30(12-10-28)35(31,32)29-7-3-2-4-8-29/h5-6H,2-4,7-14H2,1H3,(H,24,25,26,27). The summed E-state index contributed by atoms with van der Waals surface area (Å²) in [5, 5.41) is 2.91. The van der Waals surface area contributed by atoms with Crippen molar-refractivity contribution >= 4 is 22.1 Å². The van der Waals surface area contributed by atoms with Gasteiger partial charge in [-0.3, -0.25) is 0 Å². The Morgan fingerprint density at radius 2 is 1.69 bits per heavy atom. The first-order chi connectivity index (χ1) is 16.6. The third kappa shape index (κ3) is 6.73. The van der Waals surface area contributed by atoms with E-state index in [1.807, 2.05) is 0 Å². The maximum atomic E-state index is 12.9. The summed E-state index contributed by atoms with van der Waals surface area (Å²) in [6.45, 7) is 2.43. The number of nitrogens with one attached hydrogen (secondary N) is 1. The molecular weight excluding hydrogens is 491 g/mol. The predicted molar refractivity (Wildman–Crippen MR) is 120 cm³/mol. The molecule has 0 saturated carbocycles. The van der Waals surface area contributed by atoms with Gasteiger partial charge in [-0.15, -0.1) is 0 Å². The van der Waals surface area contributed by atoms with E-state index in [1.54, 1.807) is 24.0 Å². The first-order valence-electron chi connectivity index (χ1n) is 11.4. The van der Waals surface area contributed by atoms with E-state index in [9.17, 15) is 21.6 Å². The van der Waals surface area contributed by atoms with Gasteiger partial charge in [-0.1, -0.05) is 6.42 Å². The Kier molecular flexibility index (Phi) is 7.66. The maximum absolute atomic E-state index is 12.9. The highest BCUT2D eigenvalue weighted by atomic mass is 32.2. The molecule has 0 atom stereocenters. The lowest BCUT2D eigenvalue weighted by Gasteiger charge is -2.37. The number of aromatic nitrogens is 3. The number of hydrogen-bond donors (Lipinski definition) is 1. The number of nitrogens with zero attached hydrogens (tertiary/aromatic N) is 6. The average molecular weight is 520 g/mol. The fraction of sp³-hybridized carbons (Fsp3) is 0.650. The molecule has 0 bridgehead atoms. The molecule has 0 unspecified atom stereocenters. The zero-order chi connectivity index (χ0) is 25.1. The van der Waals surface area contributed by atoms with Crippen LogP contribution in [0.15, 0.2) is 16.5 Å². The molecule has 2 aromatic rings. The molecule has 4 heterocycles. The lowest BCUT2D eigenvalue weighted by Crippen LogP contribution is -2.54. The lowest BCUT2D eigenvalue weighted by molar-refractivity contribution is -0.154. The van der Waals surface area contributed by atoms with Crippen LogP contribution >= 0.6 is 0 Å². The molecule has 1 N–H and O–H groups in total. The van der Waals surface area contributed by atoms with Crippen molar-refractivity contribution in [3.8, 4) is 6.01 Å². The summed E-state index contributed by atoms with van der Waals surface area (Å²) < 4.78 is 77.1. The molecule has 2 aromatic heterocycles. The van der Waals surface area contributed by atoms with E-state index in [2.05, 4.69) is 20.3 Å². The summed E-state index contributed by atoms with van der Waals surface area (Å²) in [4.78, 5) is 14.0. The highest BCUT2D eigenvalue weighted by Gasteiger charge is 2.34. The molecule has 0 amide bonds. The quantitative estimate of drug-likeness (QED) is 0.560. The van der Waals surface area contributed by atoms with Crippen molar-refractivity contribution in [1.29, 1.82) is 0 Å². The Labute approximate surface area is 201 Å². The molecule has 4 rings (SSSR count). The number of rotatable bonds is 8. The highest BCUT2D eigenvalue weighted by Crippen LogP contribution is 2.23. The summed E-state index contributed by atoms with van der Waals surface area (Å²) in [7, 11) is -3.55. The lowest BCUT2D eigenvalue weighted by atomic mass is 10.2. The van der Waals surface area contributed by atoms with Gasteiger partial charge in [0.1, 0.15) is 11.5 Å². The zero-order valence-corrected chi connectivity index (χ0v) is 20.1. The minimum atomic E-state index is -4.56. The number of anilines is 2. The van der Waals surface area contributed by atoms with Crippen LogP contribution < -0.4 is 15.0 Å². The molecule has 0 aliphatic carbocycles. The minimum absolute atomic E-state index is 0.0181. The van der Waals surface area contributed by atoms with Crippen molar-refractivity contribution < 1.29 is 30.7 Å². The number of piperidine rings is 1. The van der Waals surface area contributed by atoms with Crippen molar-refractivity contribution in [2.75, 3.05) is 56.1 Å². The molecule has 2 aliphatic heterocycles. The van der Waals surface area contributed by atoms with E-state index in [0.717, 1.165) is 19.3 Å². The van der Waals surface area contributed by atoms with E-state index < -0.39 is 29.0 Å². The summed E-state index contributed by atoms with van der Waals surface area (Å²) in [6.07, 6.45) is -1.84. The zero-order valence-electron chi connectivity index (χ0n) is 19.3. The molecule has 0 radical (unpaired) electrons. The second kappa shape index (κ2) is 10.5. The van der Waals surface area contributed by atoms with E-state index in [-0.39, 0.29) is 44.6 Å². The van der Waals surface area contributed by atoms with Gasteiger partial charge >= 0.3 is 12.2 Å². The van der Waals surface area contributed by atoms with Gasteiger partial charge in [0.2, 0.25) is 11.9 Å². The minimum Gasteiger partial charge on any atom is -0.465 e. The Bertz CT molecular complexity index is 1100. The van der Waals surface area contributed by atoms with Crippen molar-refractivity contribution in [3.05, 3.63) is 23.7 Å². The maximum Gasteiger partial charge on any atom is 0.422 e. The van der Waals surface area contributed by atoms with Gasteiger partial charge in [-0.25, -0.2) is 0 Å². The molecule has 194 valence electrons. The monoisotopic (exact) mass is 519 g/mol. The number of aryl methyl sites for hydroxylation is 1. The summed E-state index contributed by atoms with van der Waals surface area (Å²) in [6, 6.07) is 3.06. The topological polar surface area (TPSA) is 117 Å². The average Bonchev–Trinajstić information content (AvgIpc) is 3.26. The third-order valence-corrected chi connectivity index (χ3v) is 7.71. The van der Waals surface area contributed by atoms with Crippen molar-refractivity contribution in [3.63, 3.8) is 0 Å².